The number of nitrogens with one attached hydrogen (secondary N) is 1. The zero-order valence-electron chi connectivity index (χ0n) is 14.1. The summed E-state index contributed by atoms with van der Waals surface area (Å²) >= 11 is 0. The first kappa shape index (κ1) is 17.1. The Morgan fingerprint density at radius 3 is 2.92 bits per heavy atom. The number of fused-ring (bicyclic) bond motifs is 1. The zero-order valence-corrected chi connectivity index (χ0v) is 14.1. The van der Waals surface area contributed by atoms with E-state index in [0.717, 1.165) is 49.8 Å². The predicted octanol–water partition coefficient (Wildman–Crippen LogP) is 3.35. The monoisotopic (exact) mass is 342 g/mol. The predicted molar refractivity (Wildman–Crippen MR) is 96.6 cm³/mol. The van der Waals surface area contributed by atoms with E-state index in [1.165, 1.54) is 12.3 Å². The van der Waals surface area contributed by atoms with Crippen molar-refractivity contribution in [3.05, 3.63) is 40.7 Å². The molecule has 0 bridgehead atoms. The van der Waals surface area contributed by atoms with Crippen LogP contribution < -0.4 is 5.32 Å². The Hall–Kier alpha value is -2.70. The number of non-ortho nitro benzene ring substituents is 1. The number of benzene rings is 1. The van der Waals surface area contributed by atoms with Gasteiger partial charge in [-0.1, -0.05) is 6.42 Å². The number of nitro groups is 1. The Balaban J connectivity index is 1.63. The van der Waals surface area contributed by atoms with Crippen molar-refractivity contribution in [2.75, 3.05) is 25.0 Å². The molecule has 7 nitrogen and oxygen atoms in total. The van der Waals surface area contributed by atoms with Crippen LogP contribution >= 0.6 is 0 Å². The van der Waals surface area contributed by atoms with E-state index >= 15 is 0 Å². The maximum Gasteiger partial charge on any atom is 0.278 e. The van der Waals surface area contributed by atoms with Crippen molar-refractivity contribution >= 4 is 28.1 Å². The highest BCUT2D eigenvalue weighted by molar-refractivity contribution is 5.99. The van der Waals surface area contributed by atoms with E-state index in [4.69, 9.17) is 0 Å². The Bertz CT molecular complexity index is 778. The third-order valence-corrected chi connectivity index (χ3v) is 4.58. The molecule has 1 amide bonds. The molecular weight excluding hydrogens is 320 g/mol. The first-order chi connectivity index (χ1) is 12.2. The van der Waals surface area contributed by atoms with Crippen LogP contribution in [0, 0.1) is 10.1 Å². The lowest BCUT2D eigenvalue weighted by molar-refractivity contribution is -0.383. The van der Waals surface area contributed by atoms with Crippen LogP contribution in [-0.2, 0) is 4.79 Å². The molecule has 132 valence electrons. The molecule has 1 fully saturated rings. The normalized spacial score (nSPS) is 15.2. The van der Waals surface area contributed by atoms with Crippen molar-refractivity contribution in [2.45, 2.75) is 32.1 Å². The van der Waals surface area contributed by atoms with E-state index in [0.29, 0.717) is 18.4 Å². The summed E-state index contributed by atoms with van der Waals surface area (Å²) in [5, 5.41) is 15.8. The van der Waals surface area contributed by atoms with Gasteiger partial charge in [0.05, 0.1) is 10.3 Å². The number of nitro benzene ring substituents is 1. The summed E-state index contributed by atoms with van der Waals surface area (Å²) in [5.74, 6) is 0.254. The van der Waals surface area contributed by atoms with Crippen LogP contribution in [0.4, 0.5) is 11.4 Å². The quantitative estimate of drug-likeness (QED) is 0.494. The van der Waals surface area contributed by atoms with Gasteiger partial charge >= 0.3 is 0 Å². The van der Waals surface area contributed by atoms with E-state index in [-0.39, 0.29) is 11.6 Å². The molecule has 0 spiro atoms. The average molecular weight is 342 g/mol. The number of hydrogen-bond acceptors (Lipinski definition) is 5. The lowest BCUT2D eigenvalue weighted by atomic mass is 10.1. The molecular formula is C18H22N4O3. The molecule has 1 N–H and O–H groups in total. The molecule has 1 saturated heterocycles. The zero-order chi connectivity index (χ0) is 17.6. The van der Waals surface area contributed by atoms with E-state index in [1.807, 2.05) is 4.90 Å². The van der Waals surface area contributed by atoms with Crippen molar-refractivity contribution in [1.29, 1.82) is 0 Å². The summed E-state index contributed by atoms with van der Waals surface area (Å²) in [4.78, 5) is 28.7. The van der Waals surface area contributed by atoms with Gasteiger partial charge in [-0.3, -0.25) is 19.9 Å². The number of anilines is 1. The Labute approximate surface area is 146 Å². The molecule has 0 radical (unpaired) electrons. The van der Waals surface area contributed by atoms with Gasteiger partial charge in [-0.15, -0.1) is 0 Å². The molecule has 1 aromatic heterocycles. The van der Waals surface area contributed by atoms with Crippen LogP contribution in [0.2, 0.25) is 0 Å². The minimum Gasteiger partial charge on any atom is -0.384 e. The first-order valence-corrected chi connectivity index (χ1v) is 8.69. The standard InChI is InChI=1S/C18H22N4O3/c23-18-5-2-1-3-11-21(18)12-4-9-20-16-6-7-17(22(24)25)15-13-19-10-8-14(15)16/h6-8,10,13,20H,1-5,9,11-12H2. The van der Waals surface area contributed by atoms with Gasteiger partial charge in [-0.2, -0.15) is 0 Å². The van der Waals surface area contributed by atoms with Crippen LogP contribution in [0.15, 0.2) is 30.6 Å². The fraction of sp³-hybridized carbons (Fsp3) is 0.444. The Kier molecular flexibility index (Phi) is 5.42. The highest BCUT2D eigenvalue weighted by Gasteiger charge is 2.16. The van der Waals surface area contributed by atoms with Crippen LogP contribution in [-0.4, -0.2) is 40.3 Å². The molecule has 0 unspecified atom stereocenters. The molecule has 3 rings (SSSR count). The lowest BCUT2D eigenvalue weighted by Crippen LogP contribution is -2.32. The second-order valence-electron chi connectivity index (χ2n) is 6.28. The minimum absolute atomic E-state index is 0.0591. The molecule has 1 aromatic carbocycles. The van der Waals surface area contributed by atoms with Crippen molar-refractivity contribution in [3.8, 4) is 0 Å². The van der Waals surface area contributed by atoms with Gasteiger partial charge in [-0.05, 0) is 31.4 Å². The van der Waals surface area contributed by atoms with E-state index < -0.39 is 4.92 Å². The van der Waals surface area contributed by atoms with E-state index in [1.54, 1.807) is 18.3 Å². The van der Waals surface area contributed by atoms with Crippen LogP contribution in [0.25, 0.3) is 10.8 Å². The summed E-state index contributed by atoms with van der Waals surface area (Å²) in [6.45, 7) is 2.31. The fourth-order valence-electron chi connectivity index (χ4n) is 3.26. The summed E-state index contributed by atoms with van der Waals surface area (Å²) in [5.41, 5.74) is 0.911. The number of rotatable bonds is 6. The molecule has 0 saturated carbocycles. The third-order valence-electron chi connectivity index (χ3n) is 4.58. The molecule has 0 aliphatic carbocycles. The molecule has 2 aromatic rings. The molecule has 2 heterocycles. The number of nitrogens with zero attached hydrogens (tertiary/aromatic N) is 3. The van der Waals surface area contributed by atoms with Gasteiger partial charge in [0.1, 0.15) is 0 Å². The number of aromatic nitrogens is 1. The maximum atomic E-state index is 12.0. The topological polar surface area (TPSA) is 88.4 Å². The van der Waals surface area contributed by atoms with Crippen molar-refractivity contribution in [1.82, 2.24) is 9.88 Å². The average Bonchev–Trinajstić information content (AvgIpc) is 2.82. The van der Waals surface area contributed by atoms with Crippen molar-refractivity contribution < 1.29 is 9.72 Å². The molecule has 25 heavy (non-hydrogen) atoms. The number of pyridine rings is 1. The molecule has 1 aliphatic heterocycles. The van der Waals surface area contributed by atoms with Gasteiger partial charge in [-0.25, -0.2) is 0 Å². The van der Waals surface area contributed by atoms with Gasteiger partial charge in [0.2, 0.25) is 5.91 Å². The van der Waals surface area contributed by atoms with Gasteiger partial charge in [0.25, 0.3) is 5.69 Å². The Morgan fingerprint density at radius 2 is 2.08 bits per heavy atom. The second kappa shape index (κ2) is 7.92. The van der Waals surface area contributed by atoms with Crippen LogP contribution in [0.5, 0.6) is 0 Å². The summed E-state index contributed by atoms with van der Waals surface area (Å²) in [6, 6.07) is 5.02. The molecule has 0 atom stereocenters. The van der Waals surface area contributed by atoms with Gasteiger partial charge in [0.15, 0.2) is 0 Å². The summed E-state index contributed by atoms with van der Waals surface area (Å²) < 4.78 is 0. The second-order valence-corrected chi connectivity index (χ2v) is 6.28. The SMILES string of the molecule is O=C1CCCCCN1CCCNc1ccc([N+](=O)[O-])c2cnccc12. The number of hydrogen-bond donors (Lipinski definition) is 1. The van der Waals surface area contributed by atoms with E-state index in [2.05, 4.69) is 10.3 Å². The Morgan fingerprint density at radius 1 is 1.20 bits per heavy atom. The summed E-state index contributed by atoms with van der Waals surface area (Å²) in [7, 11) is 0. The van der Waals surface area contributed by atoms with Crippen molar-refractivity contribution in [2.24, 2.45) is 0 Å². The summed E-state index contributed by atoms with van der Waals surface area (Å²) in [6.07, 6.45) is 7.86. The van der Waals surface area contributed by atoms with E-state index in [9.17, 15) is 14.9 Å². The number of carbonyl (C=O) groups is 1. The number of likely N-dealkylation sites (tertiary alicyclic amines) is 1. The number of carbonyl (C=O) groups excluding carboxylic acids is 1. The minimum atomic E-state index is -0.390. The van der Waals surface area contributed by atoms with Crippen LogP contribution in [0.3, 0.4) is 0 Å². The lowest BCUT2D eigenvalue weighted by Gasteiger charge is -2.20. The first-order valence-electron chi connectivity index (χ1n) is 8.69. The van der Waals surface area contributed by atoms with Gasteiger partial charge < -0.3 is 10.2 Å². The molecule has 7 heteroatoms. The van der Waals surface area contributed by atoms with Crippen molar-refractivity contribution in [3.63, 3.8) is 0 Å². The smallest absolute Gasteiger partial charge is 0.278 e. The highest BCUT2D eigenvalue weighted by Crippen LogP contribution is 2.30. The largest absolute Gasteiger partial charge is 0.384 e. The fourth-order valence-corrected chi connectivity index (χ4v) is 3.26. The number of amides is 1. The third kappa shape index (κ3) is 4.04. The maximum absolute atomic E-state index is 12.0. The van der Waals surface area contributed by atoms with Crippen LogP contribution in [0.1, 0.15) is 32.1 Å². The molecule has 1 aliphatic rings. The van der Waals surface area contributed by atoms with Gasteiger partial charge in [0, 0.05) is 55.6 Å². The highest BCUT2D eigenvalue weighted by atomic mass is 16.6.